The maximum atomic E-state index is 11.9. The number of nitrogens with one attached hydrogen (secondary N) is 1. The first-order chi connectivity index (χ1) is 15.7. The monoisotopic (exact) mass is 468 g/mol. The fourth-order valence-electron chi connectivity index (χ4n) is 3.56. The summed E-state index contributed by atoms with van der Waals surface area (Å²) in [5.41, 5.74) is 1.95. The van der Waals surface area contributed by atoms with Crippen LogP contribution in [-0.2, 0) is 26.8 Å². The van der Waals surface area contributed by atoms with Gasteiger partial charge in [-0.15, -0.1) is 0 Å². The predicted molar refractivity (Wildman–Crippen MR) is 127 cm³/mol. The molecule has 4 rings (SSSR count). The van der Waals surface area contributed by atoms with Crippen LogP contribution < -0.4 is 9.46 Å². The molecule has 8 heteroatoms. The molecule has 1 aliphatic carbocycles. The molecule has 1 heterocycles. The van der Waals surface area contributed by atoms with Crippen molar-refractivity contribution in [1.29, 1.82) is 0 Å². The van der Waals surface area contributed by atoms with Crippen LogP contribution in [-0.4, -0.2) is 39.9 Å². The van der Waals surface area contributed by atoms with E-state index in [4.69, 9.17) is 9.47 Å². The van der Waals surface area contributed by atoms with Crippen LogP contribution in [0.4, 0.5) is 0 Å². The van der Waals surface area contributed by atoms with Crippen molar-refractivity contribution < 1.29 is 22.7 Å². The molecule has 0 bridgehead atoms. The SMILES string of the molecule is CC1(c2cccc(OCc3ccc(C(=O)NS(C)(=O)=O)cc3)c2)C=C(OCC2CC2)C=NC1. The Morgan fingerprint density at radius 2 is 1.91 bits per heavy atom. The normalized spacial score (nSPS) is 20.1. The molecular weight excluding hydrogens is 440 g/mol. The Hall–Kier alpha value is -3.13. The van der Waals surface area contributed by atoms with Crippen LogP contribution in [0.25, 0.3) is 0 Å². The Bertz CT molecular complexity index is 1180. The molecule has 1 N–H and O–H groups in total. The molecule has 2 aliphatic rings. The number of hydrogen-bond donors (Lipinski definition) is 1. The van der Waals surface area contributed by atoms with Crippen LogP contribution >= 0.6 is 0 Å². The van der Waals surface area contributed by atoms with Gasteiger partial charge in [0.1, 0.15) is 18.1 Å². The fraction of sp³-hybridized carbons (Fsp3) is 0.360. The number of aliphatic imine (C=N–C) groups is 1. The average Bonchev–Trinajstić information content (AvgIpc) is 3.60. The summed E-state index contributed by atoms with van der Waals surface area (Å²) in [4.78, 5) is 16.4. The Morgan fingerprint density at radius 1 is 1.15 bits per heavy atom. The van der Waals surface area contributed by atoms with Crippen LogP contribution in [0.1, 0.15) is 41.3 Å². The zero-order valence-corrected chi connectivity index (χ0v) is 19.6. The van der Waals surface area contributed by atoms with Gasteiger partial charge in [-0.3, -0.25) is 9.79 Å². The number of hydrogen-bond acceptors (Lipinski definition) is 6. The highest BCUT2D eigenvalue weighted by Crippen LogP contribution is 2.33. The van der Waals surface area contributed by atoms with Gasteiger partial charge in [-0.1, -0.05) is 31.2 Å². The number of ether oxygens (including phenoxy) is 2. The van der Waals surface area contributed by atoms with E-state index in [2.05, 4.69) is 24.1 Å². The lowest BCUT2D eigenvalue weighted by molar-refractivity contribution is 0.0981. The minimum Gasteiger partial charge on any atom is -0.492 e. The topological polar surface area (TPSA) is 94.1 Å². The van der Waals surface area contributed by atoms with Crippen molar-refractivity contribution in [3.8, 4) is 5.75 Å². The maximum Gasteiger partial charge on any atom is 0.264 e. The molecule has 0 saturated heterocycles. The minimum absolute atomic E-state index is 0.267. The Balaban J connectivity index is 1.39. The lowest BCUT2D eigenvalue weighted by atomic mass is 9.81. The average molecular weight is 469 g/mol. The van der Waals surface area contributed by atoms with E-state index in [1.165, 1.54) is 12.8 Å². The number of dihydropyridines is 1. The third-order valence-corrected chi connectivity index (χ3v) is 6.23. The van der Waals surface area contributed by atoms with E-state index in [0.29, 0.717) is 19.1 Å². The lowest BCUT2D eigenvalue weighted by Crippen LogP contribution is -2.29. The van der Waals surface area contributed by atoms with Gasteiger partial charge in [0.05, 0.1) is 25.6 Å². The smallest absolute Gasteiger partial charge is 0.264 e. The second-order valence-corrected chi connectivity index (χ2v) is 10.7. The van der Waals surface area contributed by atoms with E-state index in [1.54, 1.807) is 24.3 Å². The van der Waals surface area contributed by atoms with Crippen LogP contribution in [0.3, 0.4) is 0 Å². The second kappa shape index (κ2) is 9.39. The van der Waals surface area contributed by atoms with Gasteiger partial charge in [-0.05, 0) is 60.2 Å². The quantitative estimate of drug-likeness (QED) is 0.607. The maximum absolute atomic E-state index is 11.9. The molecule has 33 heavy (non-hydrogen) atoms. The number of allylic oxidation sites excluding steroid dienone is 1. The van der Waals surface area contributed by atoms with Crippen LogP contribution in [0, 0.1) is 5.92 Å². The molecule has 1 saturated carbocycles. The number of rotatable bonds is 9. The van der Waals surface area contributed by atoms with Crippen LogP contribution in [0.15, 0.2) is 65.4 Å². The molecule has 1 atom stereocenters. The van der Waals surface area contributed by atoms with Crippen molar-refractivity contribution >= 4 is 22.1 Å². The Morgan fingerprint density at radius 3 is 2.61 bits per heavy atom. The molecule has 0 radical (unpaired) electrons. The highest BCUT2D eigenvalue weighted by Gasteiger charge is 2.29. The third-order valence-electron chi connectivity index (χ3n) is 5.67. The van der Waals surface area contributed by atoms with E-state index in [0.717, 1.165) is 35.5 Å². The van der Waals surface area contributed by atoms with Gasteiger partial charge >= 0.3 is 0 Å². The molecule has 174 valence electrons. The first kappa shape index (κ1) is 23.0. The summed E-state index contributed by atoms with van der Waals surface area (Å²) in [6, 6.07) is 14.6. The van der Waals surface area contributed by atoms with Crippen molar-refractivity contribution in [3.63, 3.8) is 0 Å². The number of sulfonamides is 1. The van der Waals surface area contributed by atoms with Crippen molar-refractivity contribution in [2.45, 2.75) is 31.8 Å². The summed E-state index contributed by atoms with van der Waals surface area (Å²) in [5, 5.41) is 0. The first-order valence-corrected chi connectivity index (χ1v) is 12.8. The largest absolute Gasteiger partial charge is 0.492 e. The zero-order chi connectivity index (χ0) is 23.5. The molecule has 2 aromatic rings. The van der Waals surface area contributed by atoms with E-state index in [1.807, 2.05) is 29.1 Å². The molecule has 2 aromatic carbocycles. The second-order valence-electron chi connectivity index (χ2n) is 8.91. The molecule has 1 unspecified atom stereocenters. The van der Waals surface area contributed by atoms with Gasteiger partial charge in [0.2, 0.25) is 10.0 Å². The Labute approximate surface area is 194 Å². The van der Waals surface area contributed by atoms with E-state index < -0.39 is 15.9 Å². The molecule has 0 spiro atoms. The van der Waals surface area contributed by atoms with Gasteiger partial charge in [-0.2, -0.15) is 0 Å². The minimum atomic E-state index is -3.60. The summed E-state index contributed by atoms with van der Waals surface area (Å²) in [6.45, 7) is 3.86. The van der Waals surface area contributed by atoms with Gasteiger partial charge in [0.15, 0.2) is 0 Å². The van der Waals surface area contributed by atoms with Crippen LogP contribution in [0.2, 0.25) is 0 Å². The number of nitrogens with zero attached hydrogens (tertiary/aromatic N) is 1. The highest BCUT2D eigenvalue weighted by molar-refractivity contribution is 7.89. The number of benzene rings is 2. The molecule has 1 fully saturated rings. The van der Waals surface area contributed by atoms with Gasteiger partial charge in [-0.25, -0.2) is 13.1 Å². The molecule has 1 aliphatic heterocycles. The zero-order valence-electron chi connectivity index (χ0n) is 18.8. The fourth-order valence-corrected chi connectivity index (χ4v) is 4.02. The van der Waals surface area contributed by atoms with Gasteiger partial charge < -0.3 is 9.47 Å². The first-order valence-electron chi connectivity index (χ1n) is 10.9. The highest BCUT2D eigenvalue weighted by atomic mass is 32.2. The Kier molecular flexibility index (Phi) is 6.56. The van der Waals surface area contributed by atoms with E-state index in [9.17, 15) is 13.2 Å². The molecule has 0 aromatic heterocycles. The lowest BCUT2D eigenvalue weighted by Gasteiger charge is -2.28. The van der Waals surface area contributed by atoms with Gasteiger partial charge in [0.25, 0.3) is 5.91 Å². The van der Waals surface area contributed by atoms with Crippen molar-refractivity contribution in [1.82, 2.24) is 4.72 Å². The van der Waals surface area contributed by atoms with Crippen LogP contribution in [0.5, 0.6) is 5.75 Å². The summed E-state index contributed by atoms with van der Waals surface area (Å²) in [6.07, 6.45) is 7.39. The summed E-state index contributed by atoms with van der Waals surface area (Å²) in [7, 11) is -3.60. The number of carbonyl (C=O) groups excluding carboxylic acids is 1. The standard InChI is InChI=1S/C25H28N2O5S/c1-25(13-23(14-26-17-25)32-16-18-6-7-18)21-4-3-5-22(12-21)31-15-19-8-10-20(11-9-19)24(28)27-33(2,29)30/h3-5,8-14,18H,6-7,15-17H2,1-2H3,(H,27,28). The summed E-state index contributed by atoms with van der Waals surface area (Å²) < 4.78 is 36.3. The number of amides is 1. The van der Waals surface area contributed by atoms with Crippen molar-refractivity contribution in [2.24, 2.45) is 10.9 Å². The van der Waals surface area contributed by atoms with E-state index >= 15 is 0 Å². The summed E-state index contributed by atoms with van der Waals surface area (Å²) in [5.74, 6) is 1.58. The molecule has 1 amide bonds. The third kappa shape index (κ3) is 6.44. The van der Waals surface area contributed by atoms with Gasteiger partial charge in [0, 0.05) is 11.0 Å². The summed E-state index contributed by atoms with van der Waals surface area (Å²) >= 11 is 0. The van der Waals surface area contributed by atoms with Crippen molar-refractivity contribution in [3.05, 3.63) is 77.1 Å². The molecule has 7 nitrogen and oxygen atoms in total. The number of carbonyl (C=O) groups is 1. The predicted octanol–water partition coefficient (Wildman–Crippen LogP) is 3.61. The van der Waals surface area contributed by atoms with Crippen molar-refractivity contribution in [2.75, 3.05) is 19.4 Å². The molecular formula is C25H28N2O5S. The van der Waals surface area contributed by atoms with E-state index in [-0.39, 0.29) is 11.0 Å².